The predicted molar refractivity (Wildman–Crippen MR) is 90.5 cm³/mol. The van der Waals surface area contributed by atoms with Gasteiger partial charge in [-0.15, -0.1) is 0 Å². The first-order valence-electron chi connectivity index (χ1n) is 5.59. The average molecular weight is 478 g/mol. The molecule has 0 atom stereocenters. The average Bonchev–Trinajstić information content (AvgIpc) is 2.44. The Balaban J connectivity index is 2.09. The highest BCUT2D eigenvalue weighted by atomic mass is 79.9. The first kappa shape index (κ1) is 16.1. The van der Waals surface area contributed by atoms with Gasteiger partial charge in [0, 0.05) is 26.9 Å². The number of nitrogens with one attached hydrogen (secondary N) is 1. The van der Waals surface area contributed by atoms with E-state index in [4.69, 9.17) is 0 Å². The summed E-state index contributed by atoms with van der Waals surface area (Å²) in [6, 6.07) is 4.85. The third kappa shape index (κ3) is 4.36. The number of carbonyl (C=O) groups excluding carboxylic acids is 1. The molecule has 2 aromatic rings. The summed E-state index contributed by atoms with van der Waals surface area (Å²) in [6.07, 6.45) is 4.46. The number of rotatable bonds is 3. The number of amides is 1. The summed E-state index contributed by atoms with van der Waals surface area (Å²) in [5, 5.41) is 13.5. The van der Waals surface area contributed by atoms with Crippen molar-refractivity contribution in [3.05, 3.63) is 55.1 Å². The Morgan fingerprint density at radius 3 is 2.67 bits per heavy atom. The van der Waals surface area contributed by atoms with Crippen LogP contribution in [0.25, 0.3) is 0 Å². The first-order valence-corrected chi connectivity index (χ1v) is 7.97. The fraction of sp³-hybridized carbons (Fsp3) is 0. The van der Waals surface area contributed by atoms with Crippen LogP contribution in [0.1, 0.15) is 15.9 Å². The summed E-state index contributed by atoms with van der Waals surface area (Å²) in [7, 11) is 0. The van der Waals surface area contributed by atoms with Crippen LogP contribution in [0.5, 0.6) is 5.75 Å². The van der Waals surface area contributed by atoms with E-state index < -0.39 is 0 Å². The number of aromatic hydroxyl groups is 1. The summed E-state index contributed by atoms with van der Waals surface area (Å²) in [4.78, 5) is 15.7. The maximum atomic E-state index is 11.8. The van der Waals surface area contributed by atoms with E-state index in [9.17, 15) is 9.90 Å². The van der Waals surface area contributed by atoms with Gasteiger partial charge >= 0.3 is 0 Å². The molecule has 0 fully saturated rings. The molecular weight excluding hydrogens is 470 g/mol. The highest BCUT2D eigenvalue weighted by Crippen LogP contribution is 2.29. The molecule has 0 unspecified atom stereocenters. The van der Waals surface area contributed by atoms with Crippen LogP contribution in [0.3, 0.4) is 0 Å². The largest absolute Gasteiger partial charge is 0.507 e. The zero-order valence-electron chi connectivity index (χ0n) is 10.3. The number of pyridine rings is 1. The van der Waals surface area contributed by atoms with Crippen molar-refractivity contribution < 1.29 is 9.90 Å². The predicted octanol–water partition coefficient (Wildman–Crippen LogP) is 3.84. The van der Waals surface area contributed by atoms with Crippen LogP contribution < -0.4 is 5.43 Å². The molecule has 0 spiro atoms. The van der Waals surface area contributed by atoms with E-state index in [1.54, 1.807) is 18.3 Å². The number of hydrazone groups is 1. The van der Waals surface area contributed by atoms with Crippen molar-refractivity contribution in [3.63, 3.8) is 0 Å². The van der Waals surface area contributed by atoms with Gasteiger partial charge in [-0.3, -0.25) is 9.78 Å². The van der Waals surface area contributed by atoms with Crippen molar-refractivity contribution in [2.24, 2.45) is 5.10 Å². The number of halogens is 3. The summed E-state index contributed by atoms with van der Waals surface area (Å²) in [5.74, 6) is -0.292. The fourth-order valence-electron chi connectivity index (χ4n) is 1.41. The molecular formula is C13H8Br3N3O2. The van der Waals surface area contributed by atoms with Crippen molar-refractivity contribution in [1.29, 1.82) is 0 Å². The molecule has 8 heteroatoms. The maximum Gasteiger partial charge on any atom is 0.272 e. The quantitative estimate of drug-likeness (QED) is 0.521. The van der Waals surface area contributed by atoms with E-state index in [2.05, 4.69) is 63.3 Å². The van der Waals surface area contributed by atoms with E-state index in [0.717, 1.165) is 4.47 Å². The Morgan fingerprint density at radius 2 is 1.95 bits per heavy atom. The zero-order valence-corrected chi connectivity index (χ0v) is 15.1. The molecule has 0 bridgehead atoms. The smallest absolute Gasteiger partial charge is 0.272 e. The van der Waals surface area contributed by atoms with Gasteiger partial charge in [0.1, 0.15) is 5.75 Å². The van der Waals surface area contributed by atoms with Crippen LogP contribution in [0.4, 0.5) is 0 Å². The van der Waals surface area contributed by atoms with Gasteiger partial charge in [0.05, 0.1) is 16.3 Å². The molecule has 2 N–H and O–H groups in total. The normalized spacial score (nSPS) is 10.8. The van der Waals surface area contributed by atoms with Gasteiger partial charge < -0.3 is 5.11 Å². The SMILES string of the molecule is O=C(NN=Cc1cc(O)c(Br)cc1Br)c1cncc(Br)c1. The lowest BCUT2D eigenvalue weighted by molar-refractivity contribution is 0.0954. The lowest BCUT2D eigenvalue weighted by Gasteiger charge is -2.03. The number of aromatic nitrogens is 1. The minimum absolute atomic E-state index is 0.0853. The van der Waals surface area contributed by atoms with E-state index in [1.165, 1.54) is 18.5 Å². The summed E-state index contributed by atoms with van der Waals surface area (Å²) >= 11 is 9.79. The van der Waals surface area contributed by atoms with Gasteiger partial charge in [-0.2, -0.15) is 5.10 Å². The topological polar surface area (TPSA) is 74.6 Å². The standard InChI is InChI=1S/C13H8Br3N3O2/c14-9-1-8(4-17-6-9)13(21)19-18-5-7-2-12(20)11(16)3-10(7)15/h1-6,20H,(H,19,21). The third-order valence-corrected chi connectivity index (χ3v) is 4.16. The van der Waals surface area contributed by atoms with Crippen LogP contribution in [0.15, 0.2) is 49.1 Å². The number of benzene rings is 1. The van der Waals surface area contributed by atoms with Crippen LogP contribution in [0.2, 0.25) is 0 Å². The van der Waals surface area contributed by atoms with Crippen LogP contribution in [0, 0.1) is 0 Å². The van der Waals surface area contributed by atoms with Gasteiger partial charge in [-0.1, -0.05) is 15.9 Å². The minimum atomic E-state index is -0.377. The molecule has 0 radical (unpaired) electrons. The van der Waals surface area contributed by atoms with Gasteiger partial charge in [-0.25, -0.2) is 5.43 Å². The Morgan fingerprint density at radius 1 is 1.19 bits per heavy atom. The number of hydrogen-bond acceptors (Lipinski definition) is 4. The van der Waals surface area contributed by atoms with Gasteiger partial charge in [0.25, 0.3) is 5.91 Å². The highest BCUT2D eigenvalue weighted by Gasteiger charge is 2.06. The van der Waals surface area contributed by atoms with Crippen molar-refractivity contribution in [1.82, 2.24) is 10.4 Å². The lowest BCUT2D eigenvalue weighted by atomic mass is 10.2. The molecule has 0 aliphatic rings. The minimum Gasteiger partial charge on any atom is -0.507 e. The molecule has 0 aliphatic heterocycles. The molecule has 108 valence electrons. The summed E-state index contributed by atoms with van der Waals surface area (Å²) < 4.78 is 2.00. The zero-order chi connectivity index (χ0) is 15.4. The van der Waals surface area contributed by atoms with Crippen molar-refractivity contribution >= 4 is 59.9 Å². The van der Waals surface area contributed by atoms with Gasteiger partial charge in [0.2, 0.25) is 0 Å². The second-order valence-corrected chi connectivity index (χ2v) is 6.54. The number of nitrogens with zero attached hydrogens (tertiary/aromatic N) is 2. The molecule has 1 aromatic heterocycles. The number of carbonyl (C=O) groups is 1. The second kappa shape index (κ2) is 7.15. The first-order chi connectivity index (χ1) is 9.97. The van der Waals surface area contributed by atoms with E-state index in [1.807, 2.05) is 0 Å². The van der Waals surface area contributed by atoms with Crippen molar-refractivity contribution in [3.8, 4) is 5.75 Å². The Kier molecular flexibility index (Phi) is 5.49. The van der Waals surface area contributed by atoms with Crippen LogP contribution in [-0.2, 0) is 0 Å². The lowest BCUT2D eigenvalue weighted by Crippen LogP contribution is -2.17. The molecule has 2 rings (SSSR count). The molecule has 0 saturated heterocycles. The second-order valence-electron chi connectivity index (χ2n) is 3.92. The Bertz CT molecular complexity index is 720. The monoisotopic (exact) mass is 475 g/mol. The van der Waals surface area contributed by atoms with E-state index in [-0.39, 0.29) is 11.7 Å². The molecule has 1 amide bonds. The highest BCUT2D eigenvalue weighted by molar-refractivity contribution is 9.11. The van der Waals surface area contributed by atoms with Crippen LogP contribution in [-0.4, -0.2) is 22.2 Å². The molecule has 0 aliphatic carbocycles. The number of phenols is 1. The van der Waals surface area contributed by atoms with Crippen molar-refractivity contribution in [2.45, 2.75) is 0 Å². The van der Waals surface area contributed by atoms with Crippen molar-refractivity contribution in [2.75, 3.05) is 0 Å². The maximum absolute atomic E-state index is 11.8. The summed E-state index contributed by atoms with van der Waals surface area (Å²) in [6.45, 7) is 0. The van der Waals surface area contributed by atoms with Crippen LogP contribution >= 0.6 is 47.8 Å². The molecule has 1 aromatic carbocycles. The number of hydrogen-bond donors (Lipinski definition) is 2. The fourth-order valence-corrected chi connectivity index (χ4v) is 2.87. The van der Waals surface area contributed by atoms with Gasteiger partial charge in [0.15, 0.2) is 0 Å². The van der Waals surface area contributed by atoms with E-state index in [0.29, 0.717) is 20.1 Å². The Labute approximate surface area is 145 Å². The molecule has 5 nitrogen and oxygen atoms in total. The third-order valence-electron chi connectivity index (χ3n) is 2.40. The summed E-state index contributed by atoms with van der Waals surface area (Å²) in [5.41, 5.74) is 3.41. The number of phenolic OH excluding ortho intramolecular Hbond substituents is 1. The van der Waals surface area contributed by atoms with E-state index >= 15 is 0 Å². The molecule has 1 heterocycles. The Hall–Kier alpha value is -1.25. The van der Waals surface area contributed by atoms with Gasteiger partial charge in [-0.05, 0) is 50.1 Å². The molecule has 21 heavy (non-hydrogen) atoms. The molecule has 0 saturated carbocycles.